The zero-order chi connectivity index (χ0) is 17.2. The Morgan fingerprint density at radius 3 is 2.84 bits per heavy atom. The summed E-state index contributed by atoms with van der Waals surface area (Å²) in [7, 11) is 0. The molecule has 1 atom stereocenters. The normalized spacial score (nSPS) is 20.6. The number of nitrogens with zero attached hydrogens (tertiary/aromatic N) is 5. The van der Waals surface area contributed by atoms with Crippen LogP contribution in [0.15, 0.2) is 18.5 Å². The number of nitrogens with one attached hydrogen (secondary N) is 1. The summed E-state index contributed by atoms with van der Waals surface area (Å²) in [6.45, 7) is 5.09. The van der Waals surface area contributed by atoms with Crippen LogP contribution in [-0.2, 0) is 11.3 Å². The molecular formula is C17H22N6O2. The van der Waals surface area contributed by atoms with Gasteiger partial charge in [-0.3, -0.25) is 9.97 Å². The maximum atomic E-state index is 9.56. The molecule has 4 heterocycles. The molecule has 132 valence electrons. The minimum Gasteiger partial charge on any atom is -0.389 e. The third-order valence-electron chi connectivity index (χ3n) is 4.51. The molecule has 0 spiro atoms. The van der Waals surface area contributed by atoms with Crippen molar-refractivity contribution >= 4 is 11.8 Å². The first-order chi connectivity index (χ1) is 12.2. The third kappa shape index (κ3) is 3.69. The molecule has 0 bridgehead atoms. The van der Waals surface area contributed by atoms with Crippen LogP contribution in [0.2, 0.25) is 0 Å². The fourth-order valence-electron chi connectivity index (χ4n) is 2.97. The van der Waals surface area contributed by atoms with Gasteiger partial charge in [0.1, 0.15) is 5.82 Å². The van der Waals surface area contributed by atoms with E-state index in [4.69, 9.17) is 9.72 Å². The van der Waals surface area contributed by atoms with Gasteiger partial charge in [0.2, 0.25) is 5.95 Å². The van der Waals surface area contributed by atoms with E-state index in [0.717, 1.165) is 35.9 Å². The molecule has 0 amide bonds. The lowest BCUT2D eigenvalue weighted by molar-refractivity contribution is 0.140. The van der Waals surface area contributed by atoms with Crippen LogP contribution in [0, 0.1) is 6.92 Å². The Hall–Kier alpha value is -2.32. The fourth-order valence-corrected chi connectivity index (χ4v) is 2.97. The van der Waals surface area contributed by atoms with Gasteiger partial charge in [-0.2, -0.15) is 4.98 Å². The Morgan fingerprint density at radius 1 is 1.28 bits per heavy atom. The van der Waals surface area contributed by atoms with Crippen LogP contribution in [0.25, 0.3) is 0 Å². The molecule has 8 heteroatoms. The van der Waals surface area contributed by atoms with Crippen LogP contribution in [0.3, 0.4) is 0 Å². The maximum absolute atomic E-state index is 9.56. The van der Waals surface area contributed by atoms with Gasteiger partial charge < -0.3 is 20.1 Å². The van der Waals surface area contributed by atoms with Crippen LogP contribution in [0.5, 0.6) is 0 Å². The number of ether oxygens (including phenoxy) is 1. The summed E-state index contributed by atoms with van der Waals surface area (Å²) in [6, 6.07) is 1.99. The molecule has 2 fully saturated rings. The van der Waals surface area contributed by atoms with E-state index in [0.29, 0.717) is 38.1 Å². The molecular weight excluding hydrogens is 320 g/mol. The van der Waals surface area contributed by atoms with Gasteiger partial charge in [-0.1, -0.05) is 0 Å². The Bertz CT molecular complexity index is 726. The molecule has 0 radical (unpaired) electrons. The standard InChI is InChI=1S/C17H22N6O2/c1-11-5-19-13(6-18-11)7-20-16-4-15(12-2-3-25-10-12)21-17(22-16)23-8-14(24)9-23/h4-6,12,14,24H,2-3,7-10H2,1H3,(H,20,21,22). The smallest absolute Gasteiger partial charge is 0.227 e. The lowest BCUT2D eigenvalue weighted by Gasteiger charge is -2.36. The second-order valence-corrected chi connectivity index (χ2v) is 6.60. The SMILES string of the molecule is Cc1cnc(CNc2cc(C3CCOC3)nc(N3CC(O)C3)n2)cn1. The van der Waals surface area contributed by atoms with Crippen molar-refractivity contribution in [1.82, 2.24) is 19.9 Å². The van der Waals surface area contributed by atoms with Crippen molar-refractivity contribution < 1.29 is 9.84 Å². The Kier molecular flexibility index (Phi) is 4.46. The molecule has 0 aliphatic carbocycles. The van der Waals surface area contributed by atoms with Gasteiger partial charge in [0, 0.05) is 37.9 Å². The molecule has 2 aliphatic heterocycles. The lowest BCUT2D eigenvalue weighted by Crippen LogP contribution is -2.51. The van der Waals surface area contributed by atoms with E-state index >= 15 is 0 Å². The first kappa shape index (κ1) is 16.2. The number of aliphatic hydroxyl groups is 1. The predicted molar refractivity (Wildman–Crippen MR) is 92.5 cm³/mol. The molecule has 0 aromatic carbocycles. The first-order valence-electron chi connectivity index (χ1n) is 8.58. The Balaban J connectivity index is 1.53. The average molecular weight is 342 g/mol. The molecule has 2 saturated heterocycles. The monoisotopic (exact) mass is 342 g/mol. The van der Waals surface area contributed by atoms with Gasteiger partial charge in [0.25, 0.3) is 0 Å². The van der Waals surface area contributed by atoms with Gasteiger partial charge in [-0.15, -0.1) is 0 Å². The molecule has 2 aromatic heterocycles. The van der Waals surface area contributed by atoms with E-state index in [1.54, 1.807) is 12.4 Å². The molecule has 25 heavy (non-hydrogen) atoms. The molecule has 1 unspecified atom stereocenters. The summed E-state index contributed by atoms with van der Waals surface area (Å²) in [4.78, 5) is 19.9. The van der Waals surface area contributed by atoms with E-state index in [1.807, 2.05) is 17.9 Å². The summed E-state index contributed by atoms with van der Waals surface area (Å²) in [5, 5.41) is 12.9. The van der Waals surface area contributed by atoms with Gasteiger partial charge in [0.15, 0.2) is 0 Å². The van der Waals surface area contributed by atoms with Crippen molar-refractivity contribution in [3.8, 4) is 0 Å². The van der Waals surface area contributed by atoms with E-state index in [2.05, 4.69) is 20.3 Å². The molecule has 2 N–H and O–H groups in total. The number of anilines is 2. The summed E-state index contributed by atoms with van der Waals surface area (Å²) in [6.07, 6.45) is 4.20. The third-order valence-corrected chi connectivity index (χ3v) is 4.51. The van der Waals surface area contributed by atoms with E-state index < -0.39 is 0 Å². The van der Waals surface area contributed by atoms with Crippen LogP contribution in [-0.4, -0.2) is 57.4 Å². The molecule has 8 nitrogen and oxygen atoms in total. The number of aryl methyl sites for hydroxylation is 1. The zero-order valence-corrected chi connectivity index (χ0v) is 14.2. The van der Waals surface area contributed by atoms with Crippen LogP contribution in [0.1, 0.15) is 29.4 Å². The number of aliphatic hydroxyl groups excluding tert-OH is 1. The maximum Gasteiger partial charge on any atom is 0.227 e. The number of hydrogen-bond acceptors (Lipinski definition) is 8. The van der Waals surface area contributed by atoms with Crippen molar-refractivity contribution in [1.29, 1.82) is 0 Å². The Labute approximate surface area is 146 Å². The second-order valence-electron chi connectivity index (χ2n) is 6.60. The minimum absolute atomic E-state index is 0.290. The minimum atomic E-state index is -0.290. The highest BCUT2D eigenvalue weighted by Gasteiger charge is 2.28. The molecule has 2 aliphatic rings. The molecule has 2 aromatic rings. The second kappa shape index (κ2) is 6.89. The van der Waals surface area contributed by atoms with Crippen LogP contribution >= 0.6 is 0 Å². The molecule has 4 rings (SSSR count). The van der Waals surface area contributed by atoms with Crippen molar-refractivity contribution in [2.75, 3.05) is 36.5 Å². The fraction of sp³-hybridized carbons (Fsp3) is 0.529. The number of rotatable bonds is 5. The highest BCUT2D eigenvalue weighted by atomic mass is 16.5. The Morgan fingerprint density at radius 2 is 2.16 bits per heavy atom. The molecule has 0 saturated carbocycles. The summed E-state index contributed by atoms with van der Waals surface area (Å²) >= 11 is 0. The largest absolute Gasteiger partial charge is 0.389 e. The van der Waals surface area contributed by atoms with Crippen molar-refractivity contribution in [3.05, 3.63) is 35.5 Å². The van der Waals surface area contributed by atoms with Gasteiger partial charge in [-0.25, -0.2) is 4.98 Å². The van der Waals surface area contributed by atoms with Gasteiger partial charge in [-0.05, 0) is 13.3 Å². The van der Waals surface area contributed by atoms with Gasteiger partial charge >= 0.3 is 0 Å². The first-order valence-corrected chi connectivity index (χ1v) is 8.58. The van der Waals surface area contributed by atoms with Crippen molar-refractivity contribution in [2.45, 2.75) is 31.9 Å². The quantitative estimate of drug-likeness (QED) is 0.826. The van der Waals surface area contributed by atoms with Crippen LogP contribution in [0.4, 0.5) is 11.8 Å². The predicted octanol–water partition coefficient (Wildman–Crippen LogP) is 0.872. The van der Waals surface area contributed by atoms with Crippen molar-refractivity contribution in [3.63, 3.8) is 0 Å². The highest BCUT2D eigenvalue weighted by Crippen LogP contribution is 2.28. The highest BCUT2D eigenvalue weighted by molar-refractivity contribution is 5.46. The van der Waals surface area contributed by atoms with Crippen LogP contribution < -0.4 is 10.2 Å². The zero-order valence-electron chi connectivity index (χ0n) is 14.2. The number of β-amino-alcohol motifs (C(OH)–C–C–N with tert-alkyl or cyclic N) is 1. The summed E-state index contributed by atoms with van der Waals surface area (Å²) in [5.41, 5.74) is 2.74. The van der Waals surface area contributed by atoms with Crippen molar-refractivity contribution in [2.24, 2.45) is 0 Å². The number of hydrogen-bond donors (Lipinski definition) is 2. The lowest BCUT2D eigenvalue weighted by atomic mass is 10.0. The number of aromatic nitrogens is 4. The summed E-state index contributed by atoms with van der Waals surface area (Å²) < 4.78 is 5.50. The van der Waals surface area contributed by atoms with E-state index in [9.17, 15) is 5.11 Å². The van der Waals surface area contributed by atoms with E-state index in [1.165, 1.54) is 0 Å². The topological polar surface area (TPSA) is 96.3 Å². The van der Waals surface area contributed by atoms with Gasteiger partial charge in [0.05, 0.1) is 42.5 Å². The average Bonchev–Trinajstić information content (AvgIpc) is 3.13. The van der Waals surface area contributed by atoms with E-state index in [-0.39, 0.29) is 6.10 Å². The summed E-state index contributed by atoms with van der Waals surface area (Å²) in [5.74, 6) is 1.72.